The Labute approximate surface area is 181 Å². The van der Waals surface area contributed by atoms with Crippen molar-refractivity contribution >= 4 is 34.3 Å². The molecule has 0 saturated carbocycles. The number of ether oxygens (including phenoxy) is 2. The van der Waals surface area contributed by atoms with Crippen molar-refractivity contribution < 1.29 is 19.1 Å². The molecule has 30 heavy (non-hydrogen) atoms. The van der Waals surface area contributed by atoms with E-state index in [0.717, 1.165) is 11.3 Å². The van der Waals surface area contributed by atoms with Gasteiger partial charge in [-0.25, -0.2) is 0 Å². The van der Waals surface area contributed by atoms with Gasteiger partial charge in [-0.15, -0.1) is 0 Å². The predicted molar refractivity (Wildman–Crippen MR) is 122 cm³/mol. The Balaban J connectivity index is 1.77. The van der Waals surface area contributed by atoms with Crippen molar-refractivity contribution in [3.63, 3.8) is 0 Å². The molecule has 152 valence electrons. The molecule has 0 amide bonds. The summed E-state index contributed by atoms with van der Waals surface area (Å²) in [6.45, 7) is 5.07. The number of aromatic nitrogens is 1. The van der Waals surface area contributed by atoms with Crippen LogP contribution in [0.4, 0.5) is 5.69 Å². The number of thiocarbonyl (C=S) groups is 1. The Hall–Kier alpha value is -3.38. The first-order valence-electron chi connectivity index (χ1n) is 9.71. The monoisotopic (exact) mass is 419 g/mol. The van der Waals surface area contributed by atoms with Crippen LogP contribution in [0.25, 0.3) is 11.5 Å². The van der Waals surface area contributed by atoms with Crippen molar-refractivity contribution in [2.24, 2.45) is 0 Å². The topological polar surface area (TPSA) is 54.6 Å². The van der Waals surface area contributed by atoms with E-state index >= 15 is 0 Å². The first-order valence-corrected chi connectivity index (χ1v) is 10.1. The molecule has 4 rings (SSSR count). The molecule has 0 fully saturated rings. The lowest BCUT2D eigenvalue weighted by molar-refractivity contribution is -0.575. The molecule has 1 aliphatic rings. The Morgan fingerprint density at radius 2 is 1.70 bits per heavy atom. The quantitative estimate of drug-likeness (QED) is 0.278. The van der Waals surface area contributed by atoms with Gasteiger partial charge in [-0.05, 0) is 43.7 Å². The van der Waals surface area contributed by atoms with Gasteiger partial charge >= 0.3 is 0 Å². The van der Waals surface area contributed by atoms with Crippen molar-refractivity contribution in [2.75, 3.05) is 18.5 Å². The highest BCUT2D eigenvalue weighted by atomic mass is 32.1. The summed E-state index contributed by atoms with van der Waals surface area (Å²) in [7, 11) is 0. The van der Waals surface area contributed by atoms with E-state index < -0.39 is 0 Å². The lowest BCUT2D eigenvalue weighted by Crippen LogP contribution is -2.38. The molecule has 2 N–H and O–H groups in total. The highest BCUT2D eigenvalue weighted by molar-refractivity contribution is 7.81. The van der Waals surface area contributed by atoms with Crippen LogP contribution in [-0.4, -0.2) is 23.3 Å². The van der Waals surface area contributed by atoms with Crippen molar-refractivity contribution in [1.29, 1.82) is 0 Å². The predicted octanol–water partition coefficient (Wildman–Crippen LogP) is 4.69. The van der Waals surface area contributed by atoms with Gasteiger partial charge in [-0.1, -0.05) is 36.0 Å². The zero-order chi connectivity index (χ0) is 21.1. The second-order valence-electron chi connectivity index (χ2n) is 7.11. The molecular weight excluding hydrogens is 396 g/mol. The molecule has 2 heterocycles. The maximum absolute atomic E-state index is 11.2. The summed E-state index contributed by atoms with van der Waals surface area (Å²) in [6, 6.07) is 17.2. The maximum atomic E-state index is 11.2. The fourth-order valence-corrected chi connectivity index (χ4v) is 3.67. The molecule has 0 aliphatic carbocycles. The van der Waals surface area contributed by atoms with Crippen LogP contribution in [0.2, 0.25) is 0 Å². The van der Waals surface area contributed by atoms with E-state index in [1.807, 2.05) is 56.6 Å². The van der Waals surface area contributed by atoms with Crippen molar-refractivity contribution in [2.45, 2.75) is 13.8 Å². The third-order valence-electron chi connectivity index (χ3n) is 4.86. The Bertz CT molecular complexity index is 1130. The lowest BCUT2D eigenvalue weighted by Gasteiger charge is -2.19. The van der Waals surface area contributed by atoms with Gasteiger partial charge in [-0.2, -0.15) is 4.57 Å². The summed E-state index contributed by atoms with van der Waals surface area (Å²) in [4.78, 5) is 0.408. The number of benzene rings is 2. The normalized spacial score (nSPS) is 13.4. The molecule has 1 aromatic heterocycles. The maximum Gasteiger partial charge on any atom is 0.288 e. The van der Waals surface area contributed by atoms with Gasteiger partial charge in [0.2, 0.25) is 0 Å². The van der Waals surface area contributed by atoms with Crippen LogP contribution in [0.3, 0.4) is 0 Å². The molecule has 3 aromatic rings. The molecule has 0 radical (unpaired) electrons. The summed E-state index contributed by atoms with van der Waals surface area (Å²) < 4.78 is 13.1. The second kappa shape index (κ2) is 8.55. The Morgan fingerprint density at radius 3 is 2.43 bits per heavy atom. The zero-order valence-electron chi connectivity index (χ0n) is 16.9. The molecule has 1 aliphatic heterocycles. The number of rotatable bonds is 4. The number of fused-ring (bicyclic) bond motifs is 1. The number of aliphatic hydroxyl groups is 1. The molecule has 0 bridgehead atoms. The Kier molecular flexibility index (Phi) is 5.68. The number of hydrogen-bond acceptors (Lipinski definition) is 4. The Morgan fingerprint density at radius 1 is 0.967 bits per heavy atom. The van der Waals surface area contributed by atoms with Gasteiger partial charge in [0.05, 0.1) is 0 Å². The number of pyridine rings is 1. The average Bonchev–Trinajstić information content (AvgIpc) is 2.76. The van der Waals surface area contributed by atoms with Gasteiger partial charge in [0.1, 0.15) is 13.2 Å². The van der Waals surface area contributed by atoms with Crippen LogP contribution in [0, 0.1) is 13.8 Å². The molecule has 0 unspecified atom stereocenters. The average molecular weight is 420 g/mol. The molecular formula is C24H23N2O3S+. The van der Waals surface area contributed by atoms with E-state index in [0.29, 0.717) is 41.0 Å². The summed E-state index contributed by atoms with van der Waals surface area (Å²) in [5.74, 6) is 1.32. The van der Waals surface area contributed by atoms with Crippen LogP contribution < -0.4 is 19.4 Å². The van der Waals surface area contributed by atoms with Gasteiger partial charge in [0.25, 0.3) is 5.70 Å². The lowest BCUT2D eigenvalue weighted by atomic mass is 10.1. The standard InChI is InChI=1S/C24H22N2O3S/c1-16-6-8-19(17(2)14-16)25-24(30)22(26-10-4-3-5-11-26)23(27)18-7-9-20-21(15-18)29-13-12-28-20/h3-11,14-15H,12-13H2,1-2H3,(H-,25,27,30)/p+1. The number of nitrogens with zero attached hydrogens (tertiary/aromatic N) is 1. The van der Waals surface area contributed by atoms with Crippen LogP contribution >= 0.6 is 12.2 Å². The third kappa shape index (κ3) is 4.14. The molecule has 0 spiro atoms. The number of nitrogens with one attached hydrogen (secondary N) is 1. The first-order chi connectivity index (χ1) is 14.5. The smallest absolute Gasteiger partial charge is 0.288 e. The number of anilines is 1. The van der Waals surface area contributed by atoms with Crippen molar-refractivity contribution in [3.05, 3.63) is 83.7 Å². The van der Waals surface area contributed by atoms with Crippen LogP contribution in [0.15, 0.2) is 67.0 Å². The number of aliphatic hydroxyl groups excluding tert-OH is 1. The fraction of sp³-hybridized carbons (Fsp3) is 0.167. The van der Waals surface area contributed by atoms with Crippen molar-refractivity contribution in [1.82, 2.24) is 0 Å². The minimum atomic E-state index is 0.0467. The summed E-state index contributed by atoms with van der Waals surface area (Å²) in [5, 5.41) is 14.5. The zero-order valence-corrected chi connectivity index (χ0v) is 17.7. The van der Waals surface area contributed by atoms with E-state index in [2.05, 4.69) is 11.4 Å². The van der Waals surface area contributed by atoms with Gasteiger partial charge in [-0.3, -0.25) is 0 Å². The molecule has 0 atom stereocenters. The van der Waals surface area contributed by atoms with Gasteiger partial charge in [0.15, 0.2) is 34.6 Å². The van der Waals surface area contributed by atoms with Crippen LogP contribution in [0.1, 0.15) is 16.7 Å². The van der Waals surface area contributed by atoms with Crippen LogP contribution in [0.5, 0.6) is 11.5 Å². The molecule has 2 aromatic carbocycles. The fourth-order valence-electron chi connectivity index (χ4n) is 3.36. The van der Waals surface area contributed by atoms with E-state index in [1.54, 1.807) is 22.8 Å². The SMILES string of the molecule is Cc1ccc(NC(=S)C(=C(O)c2ccc3c(c2)OCCO3)[n+]2ccccc2)c(C)c1. The summed E-state index contributed by atoms with van der Waals surface area (Å²) in [5.41, 5.74) is 4.22. The number of aryl methyl sites for hydroxylation is 2. The van der Waals surface area contributed by atoms with E-state index in [-0.39, 0.29) is 5.76 Å². The van der Waals surface area contributed by atoms with E-state index in [1.165, 1.54) is 5.56 Å². The first kappa shape index (κ1) is 19.9. The summed E-state index contributed by atoms with van der Waals surface area (Å²) >= 11 is 5.72. The molecule has 5 nitrogen and oxygen atoms in total. The van der Waals surface area contributed by atoms with E-state index in [9.17, 15) is 5.11 Å². The highest BCUT2D eigenvalue weighted by Gasteiger charge is 2.25. The van der Waals surface area contributed by atoms with Crippen LogP contribution in [-0.2, 0) is 0 Å². The minimum Gasteiger partial charge on any atom is -0.502 e. The minimum absolute atomic E-state index is 0.0467. The second-order valence-corrected chi connectivity index (χ2v) is 7.52. The largest absolute Gasteiger partial charge is 0.502 e. The molecule has 6 heteroatoms. The van der Waals surface area contributed by atoms with Gasteiger partial charge < -0.3 is 19.9 Å². The van der Waals surface area contributed by atoms with Crippen molar-refractivity contribution in [3.8, 4) is 11.5 Å². The highest BCUT2D eigenvalue weighted by Crippen LogP contribution is 2.33. The number of hydrogen-bond donors (Lipinski definition) is 2. The van der Waals surface area contributed by atoms with E-state index in [4.69, 9.17) is 21.7 Å². The van der Waals surface area contributed by atoms with Gasteiger partial charge in [0, 0.05) is 23.4 Å². The molecule has 0 saturated heterocycles. The summed E-state index contributed by atoms with van der Waals surface area (Å²) in [6.07, 6.45) is 3.69. The third-order valence-corrected chi connectivity index (χ3v) is 5.15.